The first-order valence-electron chi connectivity index (χ1n) is 10.7. The van der Waals surface area contributed by atoms with Gasteiger partial charge in [-0.15, -0.1) is 0 Å². The number of hydrogen-bond donors (Lipinski definition) is 1. The van der Waals surface area contributed by atoms with Gasteiger partial charge in [-0.3, -0.25) is 4.79 Å². The van der Waals surface area contributed by atoms with Gasteiger partial charge in [-0.25, -0.2) is 8.78 Å². The molecule has 2 aliphatic rings. The summed E-state index contributed by atoms with van der Waals surface area (Å²) in [6, 6.07) is 5.16. The first-order valence-corrected chi connectivity index (χ1v) is 10.7. The molecule has 4 rings (SSSR count). The number of aryl methyl sites for hydroxylation is 1. The van der Waals surface area contributed by atoms with Crippen LogP contribution in [0.3, 0.4) is 0 Å². The van der Waals surface area contributed by atoms with Crippen LogP contribution in [0, 0.1) is 6.92 Å². The number of nitrogens with zero attached hydrogens (tertiary/aromatic N) is 1. The monoisotopic (exact) mass is 434 g/mol. The van der Waals surface area contributed by atoms with E-state index in [1.54, 1.807) is 16.7 Å². The molecule has 1 N–H and O–H groups in total. The van der Waals surface area contributed by atoms with E-state index < -0.39 is 13.0 Å². The lowest BCUT2D eigenvalue weighted by atomic mass is 9.93. The summed E-state index contributed by atoms with van der Waals surface area (Å²) in [7, 11) is 1.48. The fraction of sp³-hybridized carbons (Fsp3) is 0.522. The second-order valence-corrected chi connectivity index (χ2v) is 8.00. The molecule has 0 amide bonds. The van der Waals surface area contributed by atoms with Crippen molar-refractivity contribution in [3.8, 4) is 22.8 Å². The number of benzene rings is 1. The zero-order chi connectivity index (χ0) is 22.0. The van der Waals surface area contributed by atoms with Gasteiger partial charge in [0, 0.05) is 37.0 Å². The summed E-state index contributed by atoms with van der Waals surface area (Å²) >= 11 is 0. The van der Waals surface area contributed by atoms with Gasteiger partial charge in [-0.2, -0.15) is 0 Å². The Hall–Kier alpha value is -2.61. The molecule has 1 unspecified atom stereocenters. The van der Waals surface area contributed by atoms with Gasteiger partial charge in [0.25, 0.3) is 12.0 Å². The number of ether oxygens (including phenoxy) is 3. The van der Waals surface area contributed by atoms with Gasteiger partial charge in [-0.05, 0) is 55.9 Å². The molecule has 0 aliphatic carbocycles. The fourth-order valence-corrected chi connectivity index (χ4v) is 4.38. The summed E-state index contributed by atoms with van der Waals surface area (Å²) < 4.78 is 43.6. The normalized spacial score (nSPS) is 17.8. The predicted molar refractivity (Wildman–Crippen MR) is 115 cm³/mol. The largest absolute Gasteiger partial charge is 0.493 e. The molecule has 1 aromatic heterocycles. The highest BCUT2D eigenvalue weighted by atomic mass is 19.3. The Morgan fingerprint density at radius 3 is 2.81 bits per heavy atom. The number of halogens is 2. The number of alkyl halides is 2. The minimum Gasteiger partial charge on any atom is -0.493 e. The molecule has 168 valence electrons. The van der Waals surface area contributed by atoms with Crippen molar-refractivity contribution in [2.24, 2.45) is 0 Å². The van der Waals surface area contributed by atoms with Crippen LogP contribution in [0.4, 0.5) is 14.5 Å². The maximum Gasteiger partial charge on any atom is 0.272 e. The molecule has 3 heterocycles. The lowest BCUT2D eigenvalue weighted by Gasteiger charge is -2.27. The van der Waals surface area contributed by atoms with Crippen molar-refractivity contribution < 1.29 is 23.0 Å². The van der Waals surface area contributed by atoms with Crippen molar-refractivity contribution in [3.63, 3.8) is 0 Å². The van der Waals surface area contributed by atoms with E-state index in [1.807, 2.05) is 13.0 Å². The van der Waals surface area contributed by atoms with Crippen molar-refractivity contribution in [2.45, 2.75) is 51.7 Å². The molecule has 1 fully saturated rings. The van der Waals surface area contributed by atoms with Crippen LogP contribution in [-0.2, 0) is 17.7 Å². The van der Waals surface area contributed by atoms with E-state index >= 15 is 0 Å². The molecule has 1 saturated heterocycles. The molecule has 0 bridgehead atoms. The van der Waals surface area contributed by atoms with Gasteiger partial charge in [-0.1, -0.05) is 0 Å². The van der Waals surface area contributed by atoms with Crippen molar-refractivity contribution in [3.05, 3.63) is 39.7 Å². The lowest BCUT2D eigenvalue weighted by Crippen LogP contribution is -2.30. The summed E-state index contributed by atoms with van der Waals surface area (Å²) in [6.07, 6.45) is 1.44. The summed E-state index contributed by atoms with van der Waals surface area (Å²) in [5, 5.41) is 3.39. The van der Waals surface area contributed by atoms with E-state index in [0.717, 1.165) is 53.9 Å². The predicted octanol–water partition coefficient (Wildman–Crippen LogP) is 4.01. The molecule has 2 aromatic rings. The highest BCUT2D eigenvalue weighted by Crippen LogP contribution is 2.40. The molecule has 0 spiro atoms. The van der Waals surface area contributed by atoms with E-state index in [1.165, 1.54) is 7.11 Å². The highest BCUT2D eigenvalue weighted by Gasteiger charge is 2.24. The number of aromatic nitrogens is 1. The second kappa shape index (κ2) is 9.26. The van der Waals surface area contributed by atoms with Crippen molar-refractivity contribution in [1.29, 1.82) is 0 Å². The third kappa shape index (κ3) is 4.54. The Labute approximate surface area is 180 Å². The number of anilines is 1. The average Bonchev–Trinajstić information content (AvgIpc) is 2.78. The zero-order valence-electron chi connectivity index (χ0n) is 17.9. The van der Waals surface area contributed by atoms with E-state index in [4.69, 9.17) is 14.2 Å². The van der Waals surface area contributed by atoms with Crippen LogP contribution in [0.25, 0.3) is 11.3 Å². The molecular formula is C23H28F2N2O4. The van der Waals surface area contributed by atoms with Crippen LogP contribution in [0.2, 0.25) is 0 Å². The molecule has 6 nitrogen and oxygen atoms in total. The van der Waals surface area contributed by atoms with Crippen LogP contribution in [0.1, 0.15) is 30.4 Å². The maximum absolute atomic E-state index is 12.9. The molecule has 0 radical (unpaired) electrons. The molecule has 0 saturated carbocycles. The van der Waals surface area contributed by atoms with Crippen LogP contribution in [0.5, 0.6) is 11.5 Å². The Bertz CT molecular complexity index is 1000. The van der Waals surface area contributed by atoms with Crippen LogP contribution < -0.4 is 20.3 Å². The van der Waals surface area contributed by atoms with Crippen LogP contribution in [-0.4, -0.2) is 44.0 Å². The van der Waals surface area contributed by atoms with Crippen molar-refractivity contribution in [2.75, 3.05) is 32.2 Å². The van der Waals surface area contributed by atoms with Crippen LogP contribution >= 0.6 is 0 Å². The summed E-state index contributed by atoms with van der Waals surface area (Å²) in [6.45, 7) is 3.21. The van der Waals surface area contributed by atoms with Gasteiger partial charge in [0.15, 0.2) is 11.5 Å². The number of methoxy groups -OCH3 is 1. The Balaban J connectivity index is 1.70. The minimum atomic E-state index is -2.59. The number of nitrogens with one attached hydrogen (secondary N) is 1. The zero-order valence-corrected chi connectivity index (χ0v) is 17.9. The van der Waals surface area contributed by atoms with Gasteiger partial charge >= 0.3 is 0 Å². The second-order valence-electron chi connectivity index (χ2n) is 8.00. The number of fused-ring (bicyclic) bond motifs is 3. The number of pyridine rings is 1. The Kier molecular flexibility index (Phi) is 6.46. The maximum atomic E-state index is 12.9. The van der Waals surface area contributed by atoms with Gasteiger partial charge in [0.05, 0.1) is 18.9 Å². The summed E-state index contributed by atoms with van der Waals surface area (Å²) in [4.78, 5) is 12.9. The summed E-state index contributed by atoms with van der Waals surface area (Å²) in [5.74, 6) is 0.660. The van der Waals surface area contributed by atoms with E-state index in [-0.39, 0.29) is 17.4 Å². The molecule has 2 aliphatic heterocycles. The molecule has 8 heteroatoms. The molecule has 31 heavy (non-hydrogen) atoms. The standard InChI is InChI=1S/C23H28F2N2O4/c1-14-18(26-12-16-5-3-4-8-30-16)11-22(28)27-7-6-15-9-19(29-2)20(31-13-21(24)25)10-17(15)23(14)27/h9-11,16,21,26H,3-8,12-13H2,1-2H3. The number of hydrogen-bond acceptors (Lipinski definition) is 5. The van der Waals surface area contributed by atoms with Gasteiger partial charge in [0.2, 0.25) is 0 Å². The third-order valence-electron chi connectivity index (χ3n) is 5.97. The first-order chi connectivity index (χ1) is 15.0. The minimum absolute atomic E-state index is 0.0934. The highest BCUT2D eigenvalue weighted by molar-refractivity contribution is 5.76. The molecule has 1 aromatic carbocycles. The van der Waals surface area contributed by atoms with Gasteiger partial charge in [0.1, 0.15) is 6.61 Å². The Morgan fingerprint density at radius 2 is 2.10 bits per heavy atom. The van der Waals surface area contributed by atoms with Crippen molar-refractivity contribution in [1.82, 2.24) is 4.57 Å². The van der Waals surface area contributed by atoms with Crippen LogP contribution in [0.15, 0.2) is 23.0 Å². The molecule has 1 atom stereocenters. The van der Waals surface area contributed by atoms with E-state index in [9.17, 15) is 13.6 Å². The van der Waals surface area contributed by atoms with E-state index in [2.05, 4.69) is 5.32 Å². The topological polar surface area (TPSA) is 61.7 Å². The smallest absolute Gasteiger partial charge is 0.272 e. The lowest BCUT2D eigenvalue weighted by molar-refractivity contribution is 0.0247. The first kappa shape index (κ1) is 21.6. The summed E-state index contributed by atoms with van der Waals surface area (Å²) in [5.41, 5.74) is 4.19. The quantitative estimate of drug-likeness (QED) is 0.714. The molecular weight excluding hydrogens is 406 g/mol. The third-order valence-corrected chi connectivity index (χ3v) is 5.97. The van der Waals surface area contributed by atoms with Crippen molar-refractivity contribution >= 4 is 5.69 Å². The number of rotatable bonds is 7. The average molecular weight is 434 g/mol. The Morgan fingerprint density at radius 1 is 1.26 bits per heavy atom. The van der Waals surface area contributed by atoms with E-state index in [0.29, 0.717) is 25.3 Å². The van der Waals surface area contributed by atoms with Gasteiger partial charge < -0.3 is 24.1 Å². The fourth-order valence-electron chi connectivity index (χ4n) is 4.38. The SMILES string of the molecule is COc1cc2c(cc1OCC(F)F)-c1c(C)c(NCC3CCCCO3)cc(=O)n1CC2.